The smallest absolute Gasteiger partial charge is 0.225 e. The molecule has 110 valence electrons. The lowest BCUT2D eigenvalue weighted by molar-refractivity contribution is -0.116. The zero-order chi connectivity index (χ0) is 15.1. The van der Waals surface area contributed by atoms with Crippen molar-refractivity contribution in [2.75, 3.05) is 10.6 Å². The fourth-order valence-electron chi connectivity index (χ4n) is 1.78. The molecule has 0 saturated heterocycles. The summed E-state index contributed by atoms with van der Waals surface area (Å²) >= 11 is 0. The highest BCUT2D eigenvalue weighted by molar-refractivity contribution is 5.89. The molecule has 2 aromatic rings. The summed E-state index contributed by atoms with van der Waals surface area (Å²) in [6, 6.07) is 9.61. The van der Waals surface area contributed by atoms with Crippen LogP contribution >= 0.6 is 0 Å². The van der Waals surface area contributed by atoms with E-state index in [9.17, 15) is 9.18 Å². The maximum atomic E-state index is 12.8. The molecule has 1 heterocycles. The van der Waals surface area contributed by atoms with E-state index in [4.69, 9.17) is 0 Å². The van der Waals surface area contributed by atoms with Crippen LogP contribution in [0.4, 0.5) is 21.6 Å². The minimum absolute atomic E-state index is 0.0245. The monoisotopic (exact) mass is 287 g/mol. The molecule has 2 rings (SSSR count). The van der Waals surface area contributed by atoms with Crippen molar-refractivity contribution in [3.8, 4) is 0 Å². The summed E-state index contributed by atoms with van der Waals surface area (Å²) in [7, 11) is 0. The van der Waals surface area contributed by atoms with Crippen molar-refractivity contribution in [3.63, 3.8) is 0 Å². The SMILES string of the molecule is CCCCC(=O)Nc1ccc(Nc2ccc(F)cc2)cn1. The number of carbonyl (C=O) groups excluding carboxylic acids is 1. The number of pyridine rings is 1. The van der Waals surface area contributed by atoms with Crippen molar-refractivity contribution in [1.82, 2.24) is 4.98 Å². The van der Waals surface area contributed by atoms with E-state index in [2.05, 4.69) is 15.6 Å². The molecular formula is C16H18FN3O. The lowest BCUT2D eigenvalue weighted by Crippen LogP contribution is -2.12. The number of anilines is 3. The normalized spacial score (nSPS) is 10.2. The summed E-state index contributed by atoms with van der Waals surface area (Å²) in [5, 5.41) is 5.85. The average Bonchev–Trinajstić information content (AvgIpc) is 2.49. The highest BCUT2D eigenvalue weighted by Gasteiger charge is 2.03. The Morgan fingerprint density at radius 2 is 1.86 bits per heavy atom. The van der Waals surface area contributed by atoms with Crippen molar-refractivity contribution in [1.29, 1.82) is 0 Å². The third kappa shape index (κ3) is 4.87. The number of amides is 1. The number of rotatable bonds is 6. The van der Waals surface area contributed by atoms with Gasteiger partial charge in [0.15, 0.2) is 0 Å². The summed E-state index contributed by atoms with van der Waals surface area (Å²) in [6.07, 6.45) is 3.99. The third-order valence-electron chi connectivity index (χ3n) is 2.92. The lowest BCUT2D eigenvalue weighted by atomic mass is 10.2. The molecule has 1 amide bonds. The number of carbonyl (C=O) groups is 1. The minimum atomic E-state index is -0.274. The first-order chi connectivity index (χ1) is 10.2. The van der Waals surface area contributed by atoms with Gasteiger partial charge in [0, 0.05) is 12.1 Å². The molecule has 0 atom stereocenters. The van der Waals surface area contributed by atoms with Crippen molar-refractivity contribution in [2.24, 2.45) is 0 Å². The first-order valence-electron chi connectivity index (χ1n) is 6.96. The van der Waals surface area contributed by atoms with Crippen molar-refractivity contribution >= 4 is 23.1 Å². The van der Waals surface area contributed by atoms with Gasteiger partial charge in [-0.15, -0.1) is 0 Å². The molecule has 0 aliphatic carbocycles. The summed E-state index contributed by atoms with van der Waals surface area (Å²) in [4.78, 5) is 15.7. The molecule has 5 heteroatoms. The van der Waals surface area contributed by atoms with Gasteiger partial charge in [-0.25, -0.2) is 9.37 Å². The van der Waals surface area contributed by atoms with Crippen LogP contribution in [0.2, 0.25) is 0 Å². The van der Waals surface area contributed by atoms with E-state index in [0.717, 1.165) is 24.2 Å². The molecule has 0 bridgehead atoms. The first kappa shape index (κ1) is 15.0. The van der Waals surface area contributed by atoms with Gasteiger partial charge in [-0.1, -0.05) is 13.3 Å². The van der Waals surface area contributed by atoms with Crippen LogP contribution in [0.15, 0.2) is 42.6 Å². The molecule has 0 spiro atoms. The van der Waals surface area contributed by atoms with Gasteiger partial charge in [0.1, 0.15) is 11.6 Å². The molecular weight excluding hydrogens is 269 g/mol. The standard InChI is InChI=1S/C16H18FN3O/c1-2-3-4-16(21)20-15-10-9-14(11-18-15)19-13-7-5-12(17)6-8-13/h5-11,19H,2-4H2,1H3,(H,18,20,21). The van der Waals surface area contributed by atoms with Crippen LogP contribution in [0.25, 0.3) is 0 Å². The van der Waals surface area contributed by atoms with Crippen LogP contribution in [0.5, 0.6) is 0 Å². The zero-order valence-corrected chi connectivity index (χ0v) is 11.9. The fraction of sp³-hybridized carbons (Fsp3) is 0.250. The van der Waals surface area contributed by atoms with E-state index in [0.29, 0.717) is 12.2 Å². The highest BCUT2D eigenvalue weighted by Crippen LogP contribution is 2.17. The van der Waals surface area contributed by atoms with E-state index in [1.54, 1.807) is 24.4 Å². The molecule has 0 unspecified atom stereocenters. The topological polar surface area (TPSA) is 54.0 Å². The van der Waals surface area contributed by atoms with Crippen LogP contribution in [0, 0.1) is 5.82 Å². The summed E-state index contributed by atoms with van der Waals surface area (Å²) in [5.74, 6) is 0.230. The van der Waals surface area contributed by atoms with Gasteiger partial charge >= 0.3 is 0 Å². The van der Waals surface area contributed by atoms with Crippen LogP contribution < -0.4 is 10.6 Å². The number of nitrogens with one attached hydrogen (secondary N) is 2. The molecule has 2 N–H and O–H groups in total. The highest BCUT2D eigenvalue weighted by atomic mass is 19.1. The molecule has 0 aliphatic rings. The van der Waals surface area contributed by atoms with Gasteiger partial charge in [0.05, 0.1) is 11.9 Å². The number of halogens is 1. The Morgan fingerprint density at radius 3 is 2.48 bits per heavy atom. The van der Waals surface area contributed by atoms with E-state index in [-0.39, 0.29) is 11.7 Å². The Balaban J connectivity index is 1.92. The van der Waals surface area contributed by atoms with Gasteiger partial charge in [-0.2, -0.15) is 0 Å². The second-order valence-corrected chi connectivity index (χ2v) is 4.72. The predicted molar refractivity (Wildman–Crippen MR) is 82.1 cm³/mol. The largest absolute Gasteiger partial charge is 0.354 e. The number of hydrogen-bond acceptors (Lipinski definition) is 3. The maximum absolute atomic E-state index is 12.8. The Labute approximate surface area is 123 Å². The Morgan fingerprint density at radius 1 is 1.14 bits per heavy atom. The van der Waals surface area contributed by atoms with E-state index >= 15 is 0 Å². The molecule has 0 radical (unpaired) electrons. The van der Waals surface area contributed by atoms with Crippen molar-refractivity contribution in [3.05, 3.63) is 48.4 Å². The second-order valence-electron chi connectivity index (χ2n) is 4.72. The maximum Gasteiger partial charge on any atom is 0.225 e. The molecule has 0 saturated carbocycles. The van der Waals surface area contributed by atoms with Gasteiger partial charge in [0.2, 0.25) is 5.91 Å². The van der Waals surface area contributed by atoms with Crippen LogP contribution in [-0.4, -0.2) is 10.9 Å². The van der Waals surface area contributed by atoms with E-state index in [1.807, 2.05) is 13.0 Å². The molecule has 1 aromatic heterocycles. The first-order valence-corrected chi connectivity index (χ1v) is 6.96. The molecule has 0 aliphatic heterocycles. The van der Waals surface area contributed by atoms with Crippen LogP contribution in [-0.2, 0) is 4.79 Å². The van der Waals surface area contributed by atoms with E-state index in [1.165, 1.54) is 12.1 Å². The molecule has 21 heavy (non-hydrogen) atoms. The summed E-state index contributed by atoms with van der Waals surface area (Å²) in [6.45, 7) is 2.04. The minimum Gasteiger partial charge on any atom is -0.354 e. The van der Waals surface area contributed by atoms with Gasteiger partial charge < -0.3 is 10.6 Å². The molecule has 1 aromatic carbocycles. The van der Waals surface area contributed by atoms with Gasteiger partial charge in [0.25, 0.3) is 0 Å². The summed E-state index contributed by atoms with van der Waals surface area (Å²) < 4.78 is 12.8. The molecule has 4 nitrogen and oxygen atoms in total. The van der Waals surface area contributed by atoms with Crippen molar-refractivity contribution < 1.29 is 9.18 Å². The van der Waals surface area contributed by atoms with Crippen molar-refractivity contribution in [2.45, 2.75) is 26.2 Å². The van der Waals surface area contributed by atoms with Gasteiger partial charge in [-0.3, -0.25) is 4.79 Å². The predicted octanol–water partition coefficient (Wildman–Crippen LogP) is 4.09. The fourth-order valence-corrected chi connectivity index (χ4v) is 1.78. The number of hydrogen-bond donors (Lipinski definition) is 2. The zero-order valence-electron chi connectivity index (χ0n) is 11.9. The second kappa shape index (κ2) is 7.38. The number of nitrogens with zero attached hydrogens (tertiary/aromatic N) is 1. The Kier molecular flexibility index (Phi) is 5.26. The van der Waals surface area contributed by atoms with Crippen LogP contribution in [0.3, 0.4) is 0 Å². The Hall–Kier alpha value is -2.43. The number of benzene rings is 1. The quantitative estimate of drug-likeness (QED) is 0.841. The van der Waals surface area contributed by atoms with E-state index < -0.39 is 0 Å². The Bertz CT molecular complexity index is 581. The lowest BCUT2D eigenvalue weighted by Gasteiger charge is -2.08. The van der Waals surface area contributed by atoms with Gasteiger partial charge in [-0.05, 0) is 42.8 Å². The average molecular weight is 287 g/mol. The number of unbranched alkanes of at least 4 members (excludes halogenated alkanes) is 1. The third-order valence-corrected chi connectivity index (χ3v) is 2.92. The molecule has 0 fully saturated rings. The summed E-state index contributed by atoms with van der Waals surface area (Å²) in [5.41, 5.74) is 1.55. The van der Waals surface area contributed by atoms with Crippen LogP contribution in [0.1, 0.15) is 26.2 Å². The number of aromatic nitrogens is 1.